The molecule has 1 aromatic carbocycles. The molecule has 0 bridgehead atoms. The van der Waals surface area contributed by atoms with Crippen LogP contribution in [0.4, 0.5) is 5.13 Å². The Balaban J connectivity index is 2.50. The third-order valence-corrected chi connectivity index (χ3v) is 3.71. The number of nitrogens with zero attached hydrogens (tertiary/aromatic N) is 1. The van der Waals surface area contributed by atoms with Crippen LogP contribution in [0.5, 0.6) is 11.5 Å². The van der Waals surface area contributed by atoms with Gasteiger partial charge < -0.3 is 15.5 Å². The minimum Gasteiger partial charge on any atom is -0.508 e. The van der Waals surface area contributed by atoms with Gasteiger partial charge in [-0.15, -0.1) is 0 Å². The summed E-state index contributed by atoms with van der Waals surface area (Å²) in [5.41, 5.74) is 0.656. The molecule has 1 heterocycles. The van der Waals surface area contributed by atoms with E-state index in [1.807, 2.05) is 0 Å². The number of carbonyl (C=O) groups is 2. The van der Waals surface area contributed by atoms with E-state index in [4.69, 9.17) is 0 Å². The summed E-state index contributed by atoms with van der Waals surface area (Å²) in [7, 11) is 0. The van der Waals surface area contributed by atoms with Crippen molar-refractivity contribution in [3.05, 3.63) is 23.9 Å². The lowest BCUT2D eigenvalue weighted by Gasteiger charge is -2.02. The zero-order chi connectivity index (χ0) is 15.6. The molecule has 3 N–H and O–H groups in total. The van der Waals surface area contributed by atoms with Gasteiger partial charge in [0.1, 0.15) is 17.2 Å². The summed E-state index contributed by atoms with van der Waals surface area (Å²) in [5.74, 6) is -0.704. The van der Waals surface area contributed by atoms with Crippen LogP contribution >= 0.6 is 11.3 Å². The van der Waals surface area contributed by atoms with Gasteiger partial charge in [-0.1, -0.05) is 18.3 Å². The van der Waals surface area contributed by atoms with Crippen molar-refractivity contribution in [2.24, 2.45) is 0 Å². The van der Waals surface area contributed by atoms with Crippen molar-refractivity contribution >= 4 is 28.2 Å². The number of phenolic OH excluding ortho intramolecular Hbond substituents is 2. The molecule has 7 heteroatoms. The molecule has 21 heavy (non-hydrogen) atoms. The maximum absolute atomic E-state index is 11.7. The first-order valence-corrected chi connectivity index (χ1v) is 7.07. The predicted octanol–water partition coefficient (Wildman–Crippen LogP) is 2.77. The number of ketones is 1. The smallest absolute Gasteiger partial charge is 0.225 e. The van der Waals surface area contributed by atoms with Gasteiger partial charge in [-0.3, -0.25) is 9.59 Å². The minimum atomic E-state index is -0.263. The third-order valence-electron chi connectivity index (χ3n) is 2.69. The summed E-state index contributed by atoms with van der Waals surface area (Å²) in [4.78, 5) is 27.7. The van der Waals surface area contributed by atoms with Crippen LogP contribution in [0.3, 0.4) is 0 Å². The van der Waals surface area contributed by atoms with E-state index in [-0.39, 0.29) is 28.9 Å². The number of benzene rings is 1. The quantitative estimate of drug-likeness (QED) is 0.754. The lowest BCUT2D eigenvalue weighted by atomic mass is 10.1. The van der Waals surface area contributed by atoms with Crippen LogP contribution in [-0.4, -0.2) is 26.9 Å². The van der Waals surface area contributed by atoms with Crippen LogP contribution in [0.15, 0.2) is 18.2 Å². The number of Topliss-reactive ketones (excluding diaryl/α,β-unsaturated/α-hetero) is 1. The molecule has 0 atom stereocenters. The first kappa shape index (κ1) is 15.0. The average molecular weight is 306 g/mol. The van der Waals surface area contributed by atoms with E-state index in [0.717, 1.165) is 11.3 Å². The SMILES string of the molecule is CCC(=O)Nc1nc(C(C)=O)c(-c2cc(O)cc(O)c2)s1. The molecule has 2 rings (SSSR count). The normalized spacial score (nSPS) is 10.4. The number of hydrogen-bond acceptors (Lipinski definition) is 6. The zero-order valence-corrected chi connectivity index (χ0v) is 12.3. The molecule has 0 saturated heterocycles. The van der Waals surface area contributed by atoms with Gasteiger partial charge in [-0.2, -0.15) is 0 Å². The monoisotopic (exact) mass is 306 g/mol. The summed E-state index contributed by atoms with van der Waals surface area (Å²) in [6, 6.07) is 4.04. The van der Waals surface area contributed by atoms with Crippen molar-refractivity contribution in [2.75, 3.05) is 5.32 Å². The number of rotatable bonds is 4. The molecule has 1 aromatic heterocycles. The molecular weight excluding hydrogens is 292 g/mol. The van der Waals surface area contributed by atoms with Crippen molar-refractivity contribution in [3.8, 4) is 21.9 Å². The first-order chi connectivity index (χ1) is 9.90. The molecule has 0 aliphatic carbocycles. The number of carbonyl (C=O) groups excluding carboxylic acids is 2. The van der Waals surface area contributed by atoms with Crippen molar-refractivity contribution in [3.63, 3.8) is 0 Å². The van der Waals surface area contributed by atoms with Gasteiger partial charge in [0.25, 0.3) is 0 Å². The Hall–Kier alpha value is -2.41. The van der Waals surface area contributed by atoms with Gasteiger partial charge in [0.2, 0.25) is 5.91 Å². The molecule has 2 aromatic rings. The van der Waals surface area contributed by atoms with E-state index in [0.29, 0.717) is 22.0 Å². The maximum Gasteiger partial charge on any atom is 0.225 e. The minimum absolute atomic E-state index is 0.118. The van der Waals surface area contributed by atoms with Crippen LogP contribution in [-0.2, 0) is 4.79 Å². The van der Waals surface area contributed by atoms with Gasteiger partial charge in [-0.25, -0.2) is 4.98 Å². The summed E-state index contributed by atoms with van der Waals surface area (Å²) in [6.07, 6.45) is 0.303. The van der Waals surface area contributed by atoms with Gasteiger partial charge in [-0.05, 0) is 12.1 Å². The highest BCUT2D eigenvalue weighted by atomic mass is 32.1. The Bertz CT molecular complexity index is 689. The number of aromatic nitrogens is 1. The number of nitrogens with one attached hydrogen (secondary N) is 1. The standard InChI is InChI=1S/C14H14N2O4S/c1-3-11(20)15-14-16-12(7(2)17)13(21-14)8-4-9(18)6-10(19)5-8/h4-6,18-19H,3H2,1-2H3,(H,15,16,20). The van der Waals surface area contributed by atoms with E-state index in [1.165, 1.54) is 25.1 Å². The Morgan fingerprint density at radius 1 is 1.24 bits per heavy atom. The van der Waals surface area contributed by atoms with Gasteiger partial charge >= 0.3 is 0 Å². The molecule has 0 unspecified atom stereocenters. The van der Waals surface area contributed by atoms with E-state index < -0.39 is 0 Å². The summed E-state index contributed by atoms with van der Waals surface area (Å²) >= 11 is 1.12. The molecule has 0 aliphatic heterocycles. The maximum atomic E-state index is 11.7. The number of hydrogen-bond donors (Lipinski definition) is 3. The van der Waals surface area contributed by atoms with Gasteiger partial charge in [0.15, 0.2) is 10.9 Å². The number of aromatic hydroxyl groups is 2. The highest BCUT2D eigenvalue weighted by molar-refractivity contribution is 7.19. The molecule has 0 fully saturated rings. The lowest BCUT2D eigenvalue weighted by Crippen LogP contribution is -2.09. The molecule has 0 aliphatic rings. The molecule has 0 spiro atoms. The summed E-state index contributed by atoms with van der Waals surface area (Å²) in [6.45, 7) is 3.08. The Kier molecular flexibility index (Phi) is 4.23. The van der Waals surface area contributed by atoms with Crippen molar-refractivity contribution in [1.29, 1.82) is 0 Å². The predicted molar refractivity (Wildman–Crippen MR) is 79.8 cm³/mol. The van der Waals surface area contributed by atoms with Crippen LogP contribution in [0, 0.1) is 0 Å². The van der Waals surface area contributed by atoms with Crippen molar-refractivity contribution < 1.29 is 19.8 Å². The zero-order valence-electron chi connectivity index (χ0n) is 11.5. The van der Waals surface area contributed by atoms with Crippen molar-refractivity contribution in [2.45, 2.75) is 20.3 Å². The highest BCUT2D eigenvalue weighted by Crippen LogP contribution is 2.37. The summed E-state index contributed by atoms with van der Waals surface area (Å²) in [5, 5.41) is 22.0. The molecule has 6 nitrogen and oxygen atoms in total. The van der Waals surface area contributed by atoms with Crippen LogP contribution < -0.4 is 5.32 Å². The second-order valence-electron chi connectivity index (χ2n) is 4.39. The third kappa shape index (κ3) is 3.38. The van der Waals surface area contributed by atoms with Crippen LogP contribution in [0.25, 0.3) is 10.4 Å². The second kappa shape index (κ2) is 5.92. The average Bonchev–Trinajstić information content (AvgIpc) is 2.81. The topological polar surface area (TPSA) is 99.5 Å². The molecule has 110 valence electrons. The molecule has 0 saturated carbocycles. The fourth-order valence-electron chi connectivity index (χ4n) is 1.74. The largest absolute Gasteiger partial charge is 0.508 e. The number of amides is 1. The Labute approximate surface area is 125 Å². The fourth-order valence-corrected chi connectivity index (χ4v) is 2.76. The van der Waals surface area contributed by atoms with E-state index in [9.17, 15) is 19.8 Å². The molecular formula is C14H14N2O4S. The van der Waals surface area contributed by atoms with Crippen LogP contribution in [0.1, 0.15) is 30.8 Å². The van der Waals surface area contributed by atoms with Crippen molar-refractivity contribution in [1.82, 2.24) is 4.98 Å². The van der Waals surface area contributed by atoms with Gasteiger partial charge in [0.05, 0.1) is 4.88 Å². The second-order valence-corrected chi connectivity index (χ2v) is 5.39. The number of thiazole rings is 1. The fraction of sp³-hybridized carbons (Fsp3) is 0.214. The Morgan fingerprint density at radius 2 is 1.86 bits per heavy atom. The molecule has 0 radical (unpaired) electrons. The molecule has 1 amide bonds. The first-order valence-electron chi connectivity index (χ1n) is 6.25. The van der Waals surface area contributed by atoms with Gasteiger partial charge in [0, 0.05) is 25.0 Å². The van der Waals surface area contributed by atoms with E-state index in [1.54, 1.807) is 6.92 Å². The Morgan fingerprint density at radius 3 is 2.38 bits per heavy atom. The highest BCUT2D eigenvalue weighted by Gasteiger charge is 2.18. The van der Waals surface area contributed by atoms with E-state index in [2.05, 4.69) is 10.3 Å². The van der Waals surface area contributed by atoms with E-state index >= 15 is 0 Å². The van der Waals surface area contributed by atoms with Crippen LogP contribution in [0.2, 0.25) is 0 Å². The summed E-state index contributed by atoms with van der Waals surface area (Å²) < 4.78 is 0. The number of anilines is 1. The number of phenols is 2. The lowest BCUT2D eigenvalue weighted by molar-refractivity contribution is -0.115.